The summed E-state index contributed by atoms with van der Waals surface area (Å²) >= 11 is 0. The molecule has 0 saturated carbocycles. The molecule has 4 nitrogen and oxygen atoms in total. The van der Waals surface area contributed by atoms with Gasteiger partial charge in [0.05, 0.1) is 18.1 Å². The van der Waals surface area contributed by atoms with Crippen LogP contribution in [-0.4, -0.2) is 34.5 Å². The second-order valence-corrected chi connectivity index (χ2v) is 6.30. The Morgan fingerprint density at radius 1 is 1.05 bits per heavy atom. The Morgan fingerprint density at radius 3 is 2.15 bits per heavy atom. The van der Waals surface area contributed by atoms with Crippen LogP contribution in [-0.2, 0) is 6.54 Å². The van der Waals surface area contributed by atoms with E-state index in [0.717, 1.165) is 44.1 Å². The molecule has 4 heteroatoms. The molecule has 0 aromatic carbocycles. The van der Waals surface area contributed by atoms with Crippen molar-refractivity contribution in [3.05, 3.63) is 18.1 Å². The summed E-state index contributed by atoms with van der Waals surface area (Å²) in [5.74, 6) is 2.22. The molecule has 114 valence electrons. The molecule has 0 atom stereocenters. The molecule has 1 heterocycles. The minimum absolute atomic E-state index is 0.673. The lowest BCUT2D eigenvalue weighted by Gasteiger charge is -2.25. The van der Waals surface area contributed by atoms with Gasteiger partial charge in [-0.15, -0.1) is 0 Å². The van der Waals surface area contributed by atoms with Crippen LogP contribution in [0.15, 0.2) is 12.4 Å². The minimum Gasteiger partial charge on any atom is -0.369 e. The normalized spacial score (nSPS) is 11.6. The molecule has 0 unspecified atom stereocenters. The Bertz CT molecular complexity index is 349. The monoisotopic (exact) mass is 278 g/mol. The van der Waals surface area contributed by atoms with Crippen LogP contribution in [0.25, 0.3) is 0 Å². The van der Waals surface area contributed by atoms with Crippen LogP contribution in [0.3, 0.4) is 0 Å². The van der Waals surface area contributed by atoms with Gasteiger partial charge in [0.15, 0.2) is 0 Å². The molecule has 0 aliphatic rings. The average Bonchev–Trinajstić information content (AvgIpc) is 2.36. The Hall–Kier alpha value is -1.16. The topological polar surface area (TPSA) is 41.1 Å². The summed E-state index contributed by atoms with van der Waals surface area (Å²) < 4.78 is 0. The van der Waals surface area contributed by atoms with Gasteiger partial charge in [-0.1, -0.05) is 34.6 Å². The van der Waals surface area contributed by atoms with Gasteiger partial charge in [-0.3, -0.25) is 9.88 Å². The summed E-state index contributed by atoms with van der Waals surface area (Å²) in [5, 5.41) is 3.25. The molecule has 1 N–H and O–H groups in total. The quantitative estimate of drug-likeness (QED) is 0.751. The molecular formula is C16H30N4. The van der Waals surface area contributed by atoms with Crippen LogP contribution in [0.5, 0.6) is 0 Å². The number of anilines is 1. The predicted octanol–water partition coefficient (Wildman–Crippen LogP) is 3.41. The van der Waals surface area contributed by atoms with E-state index >= 15 is 0 Å². The van der Waals surface area contributed by atoms with Crippen molar-refractivity contribution in [2.45, 2.75) is 47.6 Å². The van der Waals surface area contributed by atoms with Gasteiger partial charge >= 0.3 is 0 Å². The highest BCUT2D eigenvalue weighted by Crippen LogP contribution is 2.09. The summed E-state index contributed by atoms with van der Waals surface area (Å²) in [6.45, 7) is 15.2. The number of aromatic nitrogens is 2. The van der Waals surface area contributed by atoms with Gasteiger partial charge in [0, 0.05) is 26.2 Å². The van der Waals surface area contributed by atoms with Gasteiger partial charge in [-0.25, -0.2) is 4.98 Å². The Labute approximate surface area is 124 Å². The number of rotatable bonds is 9. The van der Waals surface area contributed by atoms with Crippen molar-refractivity contribution in [3.8, 4) is 0 Å². The van der Waals surface area contributed by atoms with Crippen LogP contribution in [0.2, 0.25) is 0 Å². The van der Waals surface area contributed by atoms with E-state index in [9.17, 15) is 0 Å². The van der Waals surface area contributed by atoms with Gasteiger partial charge < -0.3 is 5.32 Å². The molecule has 0 radical (unpaired) electrons. The third-order valence-electron chi connectivity index (χ3n) is 2.89. The molecule has 0 aliphatic carbocycles. The number of nitrogens with zero attached hydrogens (tertiary/aromatic N) is 3. The summed E-state index contributed by atoms with van der Waals surface area (Å²) in [6.07, 6.45) is 4.83. The smallest absolute Gasteiger partial charge is 0.144 e. The van der Waals surface area contributed by atoms with E-state index in [-0.39, 0.29) is 0 Å². The molecule has 0 amide bonds. The fraction of sp³-hybridized carbons (Fsp3) is 0.750. The average molecular weight is 278 g/mol. The predicted molar refractivity (Wildman–Crippen MR) is 85.8 cm³/mol. The molecule has 0 bridgehead atoms. The van der Waals surface area contributed by atoms with Crippen LogP contribution >= 0.6 is 0 Å². The van der Waals surface area contributed by atoms with Gasteiger partial charge in [0.25, 0.3) is 0 Å². The van der Waals surface area contributed by atoms with Crippen molar-refractivity contribution in [2.75, 3.05) is 25.0 Å². The third kappa shape index (κ3) is 6.85. The highest BCUT2D eigenvalue weighted by atomic mass is 15.1. The van der Waals surface area contributed by atoms with Crippen molar-refractivity contribution in [2.24, 2.45) is 11.8 Å². The largest absolute Gasteiger partial charge is 0.369 e. The maximum atomic E-state index is 4.52. The summed E-state index contributed by atoms with van der Waals surface area (Å²) in [6, 6.07) is 0. The van der Waals surface area contributed by atoms with Crippen LogP contribution < -0.4 is 5.32 Å². The summed E-state index contributed by atoms with van der Waals surface area (Å²) in [7, 11) is 0. The molecule has 1 aromatic rings. The number of nitrogens with one attached hydrogen (secondary N) is 1. The zero-order valence-electron chi connectivity index (χ0n) is 13.7. The first-order chi connectivity index (χ1) is 9.51. The number of hydrogen-bond acceptors (Lipinski definition) is 4. The SMILES string of the molecule is CCCNc1cnc(CN(CC(C)C)CC(C)C)cn1. The van der Waals surface area contributed by atoms with E-state index in [4.69, 9.17) is 0 Å². The first kappa shape index (κ1) is 16.9. The van der Waals surface area contributed by atoms with Gasteiger partial charge in [0.2, 0.25) is 0 Å². The van der Waals surface area contributed by atoms with Crippen molar-refractivity contribution < 1.29 is 0 Å². The fourth-order valence-electron chi connectivity index (χ4n) is 2.25. The van der Waals surface area contributed by atoms with Crippen molar-refractivity contribution in [3.63, 3.8) is 0 Å². The first-order valence-corrected chi connectivity index (χ1v) is 7.78. The van der Waals surface area contributed by atoms with Gasteiger partial charge in [-0.05, 0) is 18.3 Å². The standard InChI is InChI=1S/C16H30N4/c1-6-7-17-16-9-18-15(8-19-16)12-20(10-13(2)3)11-14(4)5/h8-9,13-14H,6-7,10-12H2,1-5H3,(H,17,19). The maximum Gasteiger partial charge on any atom is 0.144 e. The molecule has 0 spiro atoms. The van der Waals surface area contributed by atoms with Crippen LogP contribution in [0.4, 0.5) is 5.82 Å². The molecule has 20 heavy (non-hydrogen) atoms. The first-order valence-electron chi connectivity index (χ1n) is 7.78. The lowest BCUT2D eigenvalue weighted by atomic mass is 10.1. The Morgan fingerprint density at radius 2 is 1.70 bits per heavy atom. The maximum absolute atomic E-state index is 4.52. The molecule has 1 rings (SSSR count). The third-order valence-corrected chi connectivity index (χ3v) is 2.89. The lowest BCUT2D eigenvalue weighted by molar-refractivity contribution is 0.209. The van der Waals surface area contributed by atoms with E-state index in [2.05, 4.69) is 54.8 Å². The second kappa shape index (κ2) is 8.90. The molecule has 0 aliphatic heterocycles. The zero-order valence-corrected chi connectivity index (χ0v) is 13.7. The summed E-state index contributed by atoms with van der Waals surface area (Å²) in [4.78, 5) is 11.4. The highest BCUT2D eigenvalue weighted by molar-refractivity contribution is 5.30. The molecular weight excluding hydrogens is 248 g/mol. The lowest BCUT2D eigenvalue weighted by Crippen LogP contribution is -2.31. The van der Waals surface area contributed by atoms with E-state index in [0.29, 0.717) is 11.8 Å². The van der Waals surface area contributed by atoms with Crippen molar-refractivity contribution in [1.82, 2.24) is 14.9 Å². The molecule has 0 saturated heterocycles. The number of hydrogen-bond donors (Lipinski definition) is 1. The molecule has 1 aromatic heterocycles. The summed E-state index contributed by atoms with van der Waals surface area (Å²) in [5.41, 5.74) is 1.05. The Kier molecular flexibility index (Phi) is 7.52. The van der Waals surface area contributed by atoms with E-state index in [1.54, 1.807) is 0 Å². The fourth-order valence-corrected chi connectivity index (χ4v) is 2.25. The van der Waals surface area contributed by atoms with Crippen LogP contribution in [0.1, 0.15) is 46.7 Å². The Balaban J connectivity index is 2.58. The van der Waals surface area contributed by atoms with E-state index < -0.39 is 0 Å². The highest BCUT2D eigenvalue weighted by Gasteiger charge is 2.11. The van der Waals surface area contributed by atoms with Gasteiger partial charge in [0.1, 0.15) is 5.82 Å². The zero-order chi connectivity index (χ0) is 15.0. The van der Waals surface area contributed by atoms with E-state index in [1.807, 2.05) is 12.4 Å². The second-order valence-electron chi connectivity index (χ2n) is 6.30. The van der Waals surface area contributed by atoms with Crippen LogP contribution in [0, 0.1) is 11.8 Å². The molecule has 0 fully saturated rings. The van der Waals surface area contributed by atoms with Crippen molar-refractivity contribution >= 4 is 5.82 Å². The van der Waals surface area contributed by atoms with Gasteiger partial charge in [-0.2, -0.15) is 0 Å². The van der Waals surface area contributed by atoms with Crippen molar-refractivity contribution in [1.29, 1.82) is 0 Å². The van der Waals surface area contributed by atoms with E-state index in [1.165, 1.54) is 0 Å². The minimum atomic E-state index is 0.673.